The first-order chi connectivity index (χ1) is 19.2. The second-order valence-electron chi connectivity index (χ2n) is 10.7. The molecule has 1 aromatic carbocycles. The smallest absolute Gasteiger partial charge is 0.359 e. The van der Waals surface area contributed by atoms with Crippen molar-refractivity contribution in [3.8, 4) is 0 Å². The highest BCUT2D eigenvalue weighted by atomic mass is 32.3. The molecule has 3 aliphatic rings. The zero-order valence-corrected chi connectivity index (χ0v) is 25.9. The minimum Gasteiger partial charge on any atom is -0.510 e. The number of allylic oxidation sites excluding steroid dienone is 2. The van der Waals surface area contributed by atoms with Crippen LogP contribution in [0.3, 0.4) is 0 Å². The Kier molecular flexibility index (Phi) is 11.6. The monoisotopic (exact) mass is 590 g/mol. The van der Waals surface area contributed by atoms with Crippen molar-refractivity contribution < 1.29 is 23.1 Å². The van der Waals surface area contributed by atoms with Gasteiger partial charge in [-0.15, -0.1) is 12.6 Å². The van der Waals surface area contributed by atoms with Gasteiger partial charge in [0.25, 0.3) is 10.0 Å². The molecule has 1 aromatic rings. The Morgan fingerprint density at radius 1 is 1.15 bits per heavy atom. The molecular formula is C31H46N2O5S2. The molecule has 0 aromatic heterocycles. The average molecular weight is 591 g/mol. The Hall–Kier alpha value is -2.39. The summed E-state index contributed by atoms with van der Waals surface area (Å²) in [6.45, 7) is 9.96. The number of carbonyl (C=O) groups excluding carboxylic acids is 1. The number of benzene rings is 1. The van der Waals surface area contributed by atoms with Crippen molar-refractivity contribution in [2.45, 2.75) is 97.0 Å². The number of aliphatic hydroxyl groups excluding tert-OH is 1. The van der Waals surface area contributed by atoms with Gasteiger partial charge in [-0.1, -0.05) is 71.6 Å². The number of ether oxygens (including phenoxy) is 1. The molecule has 0 spiro atoms. The molecule has 1 unspecified atom stereocenters. The van der Waals surface area contributed by atoms with Crippen molar-refractivity contribution in [2.24, 2.45) is 11.8 Å². The summed E-state index contributed by atoms with van der Waals surface area (Å²) in [6.07, 6.45) is 13.5. The van der Waals surface area contributed by atoms with E-state index in [1.54, 1.807) is 29.2 Å². The Labute approximate surface area is 246 Å². The lowest BCUT2D eigenvalue weighted by atomic mass is 9.67. The maximum absolute atomic E-state index is 13.8. The van der Waals surface area contributed by atoms with Gasteiger partial charge in [0.05, 0.1) is 5.69 Å². The lowest BCUT2D eigenvalue weighted by Crippen LogP contribution is -2.53. The number of nitrogens with one attached hydrogen (secondary N) is 1. The Balaban J connectivity index is 0.00000216. The van der Waals surface area contributed by atoms with Gasteiger partial charge in [-0.3, -0.25) is 4.72 Å². The highest BCUT2D eigenvalue weighted by Crippen LogP contribution is 2.51. The number of esters is 1. The third-order valence-electron chi connectivity index (χ3n) is 8.20. The fraction of sp³-hybridized carbons (Fsp3) is 0.581. The van der Waals surface area contributed by atoms with Gasteiger partial charge < -0.3 is 14.7 Å². The number of cyclic esters (lactones) is 1. The van der Waals surface area contributed by atoms with Crippen LogP contribution >= 0.6 is 12.6 Å². The molecule has 0 radical (unpaired) electrons. The van der Waals surface area contributed by atoms with Crippen molar-refractivity contribution in [1.29, 1.82) is 0 Å². The summed E-state index contributed by atoms with van der Waals surface area (Å²) in [4.78, 5) is 15.5. The second-order valence-corrected chi connectivity index (χ2v) is 13.1. The molecular weight excluding hydrogens is 544 g/mol. The van der Waals surface area contributed by atoms with Gasteiger partial charge in [0.2, 0.25) is 0 Å². The van der Waals surface area contributed by atoms with Crippen molar-refractivity contribution in [2.75, 3.05) is 16.2 Å². The highest BCUT2D eigenvalue weighted by Gasteiger charge is 2.53. The molecule has 2 saturated carbocycles. The van der Waals surface area contributed by atoms with Crippen molar-refractivity contribution in [3.05, 3.63) is 58.7 Å². The van der Waals surface area contributed by atoms with E-state index >= 15 is 0 Å². The third kappa shape index (κ3) is 7.08. The van der Waals surface area contributed by atoms with Gasteiger partial charge in [-0.05, 0) is 68.2 Å². The van der Waals surface area contributed by atoms with E-state index in [1.165, 1.54) is 18.6 Å². The first kappa shape index (κ1) is 32.1. The molecule has 40 heavy (non-hydrogen) atoms. The molecule has 1 aliphatic heterocycles. The van der Waals surface area contributed by atoms with Gasteiger partial charge in [0.1, 0.15) is 15.6 Å². The molecule has 0 amide bonds. The molecule has 222 valence electrons. The predicted octanol–water partition coefficient (Wildman–Crippen LogP) is 7.85. The van der Waals surface area contributed by atoms with E-state index in [1.807, 2.05) is 20.8 Å². The van der Waals surface area contributed by atoms with E-state index < -0.39 is 21.6 Å². The number of anilines is 2. The number of sulfonamides is 1. The molecule has 7 nitrogen and oxygen atoms in total. The number of thiol groups is 1. The Morgan fingerprint density at radius 2 is 1.75 bits per heavy atom. The van der Waals surface area contributed by atoms with Crippen LogP contribution in [0.5, 0.6) is 0 Å². The van der Waals surface area contributed by atoms with Crippen LogP contribution in [0.25, 0.3) is 0 Å². The zero-order chi connectivity index (χ0) is 29.3. The van der Waals surface area contributed by atoms with Gasteiger partial charge in [0, 0.05) is 18.7 Å². The number of hydrogen-bond acceptors (Lipinski definition) is 7. The van der Waals surface area contributed by atoms with Crippen LogP contribution in [-0.2, 0) is 19.6 Å². The Bertz CT molecular complexity index is 1200. The fourth-order valence-electron chi connectivity index (χ4n) is 6.51. The summed E-state index contributed by atoms with van der Waals surface area (Å²) in [7, 11) is -3.88. The highest BCUT2D eigenvalue weighted by molar-refractivity contribution is 8.11. The largest absolute Gasteiger partial charge is 0.510 e. The first-order valence-electron chi connectivity index (χ1n) is 14.8. The normalized spacial score (nSPS) is 22.8. The van der Waals surface area contributed by atoms with Crippen LogP contribution in [0, 0.1) is 11.8 Å². The fourth-order valence-corrected chi connectivity index (χ4v) is 7.57. The van der Waals surface area contributed by atoms with Gasteiger partial charge in [-0.25, -0.2) is 13.2 Å². The molecule has 2 aliphatic carbocycles. The maximum Gasteiger partial charge on any atom is 0.359 e. The maximum atomic E-state index is 13.8. The number of carbonyl (C=O) groups is 1. The quantitative estimate of drug-likeness (QED) is 0.146. The van der Waals surface area contributed by atoms with E-state index in [9.17, 15) is 18.3 Å². The van der Waals surface area contributed by atoms with E-state index in [0.29, 0.717) is 30.8 Å². The van der Waals surface area contributed by atoms with Crippen LogP contribution in [-0.4, -0.2) is 31.6 Å². The van der Waals surface area contributed by atoms with E-state index in [4.69, 9.17) is 4.74 Å². The van der Waals surface area contributed by atoms with E-state index in [2.05, 4.69) is 23.9 Å². The SMILES string of the molecule is C=C/C=C(\S)S(=O)(=O)Nc1cccc(N(CCC)C2=C(O)CC(C3CCCCC3)(C3CCCC3)OC2=O)c1.CC. The van der Waals surface area contributed by atoms with Crippen LogP contribution in [0.15, 0.2) is 58.7 Å². The minimum atomic E-state index is -3.88. The first-order valence-corrected chi connectivity index (χ1v) is 16.7. The lowest BCUT2D eigenvalue weighted by molar-refractivity contribution is -0.179. The second kappa shape index (κ2) is 14.5. The van der Waals surface area contributed by atoms with Gasteiger partial charge in [0.15, 0.2) is 5.70 Å². The van der Waals surface area contributed by atoms with Crippen LogP contribution in [0.2, 0.25) is 0 Å². The van der Waals surface area contributed by atoms with Crippen molar-refractivity contribution in [3.63, 3.8) is 0 Å². The molecule has 2 N–H and O–H groups in total. The summed E-state index contributed by atoms with van der Waals surface area (Å²) in [5.41, 5.74) is 0.416. The van der Waals surface area contributed by atoms with Crippen molar-refractivity contribution in [1.82, 2.24) is 0 Å². The summed E-state index contributed by atoms with van der Waals surface area (Å²) in [5, 5.41) is 11.5. The minimum absolute atomic E-state index is 0.0738. The number of aliphatic hydroxyl groups is 1. The topological polar surface area (TPSA) is 95.9 Å². The van der Waals surface area contributed by atoms with Gasteiger partial charge >= 0.3 is 5.97 Å². The van der Waals surface area contributed by atoms with Crippen LogP contribution in [0.1, 0.15) is 91.4 Å². The number of nitrogens with zero attached hydrogens (tertiary/aromatic N) is 1. The molecule has 0 bridgehead atoms. The summed E-state index contributed by atoms with van der Waals surface area (Å²) < 4.78 is 34.0. The van der Waals surface area contributed by atoms with E-state index in [0.717, 1.165) is 51.4 Å². The molecule has 1 heterocycles. The van der Waals surface area contributed by atoms with Crippen molar-refractivity contribution >= 4 is 40.0 Å². The van der Waals surface area contributed by atoms with E-state index in [-0.39, 0.29) is 27.5 Å². The summed E-state index contributed by atoms with van der Waals surface area (Å²) >= 11 is 4.05. The third-order valence-corrected chi connectivity index (χ3v) is 10.3. The molecule has 9 heteroatoms. The number of hydrogen-bond donors (Lipinski definition) is 3. The summed E-state index contributed by atoms with van der Waals surface area (Å²) in [6, 6.07) is 6.78. The molecule has 1 atom stereocenters. The zero-order valence-electron chi connectivity index (χ0n) is 24.2. The van der Waals surface area contributed by atoms with Crippen LogP contribution in [0.4, 0.5) is 11.4 Å². The van der Waals surface area contributed by atoms with Gasteiger partial charge in [-0.2, -0.15) is 0 Å². The molecule has 4 rings (SSSR count). The standard InChI is InChI=1S/C29H40N2O5S2.C2H6/c1-3-11-26(37)38(34,35)30-23-16-10-17-24(19-23)31(18-4-2)27-25(32)20-29(36-28(27)33,22-14-8-9-15-22)21-12-6-5-7-13-21;1-2/h3,10-11,16-17,19,21-22,30,32,37H,1,4-9,12-15,18,20H2,2H3;1-2H3/b26-11+;. The Morgan fingerprint density at radius 3 is 2.30 bits per heavy atom. The molecule has 0 saturated heterocycles. The lowest BCUT2D eigenvalue weighted by Gasteiger charge is -2.48. The number of rotatable bonds is 10. The molecule has 2 fully saturated rings. The summed E-state index contributed by atoms with van der Waals surface area (Å²) in [5.74, 6) is 0.125. The van der Waals surface area contributed by atoms with Crippen LogP contribution < -0.4 is 9.62 Å². The average Bonchev–Trinajstić information content (AvgIpc) is 3.50. The predicted molar refractivity (Wildman–Crippen MR) is 167 cm³/mol.